The van der Waals surface area contributed by atoms with Crippen molar-refractivity contribution in [2.45, 2.75) is 25.6 Å². The summed E-state index contributed by atoms with van der Waals surface area (Å²) in [5.74, 6) is -4.12. The van der Waals surface area contributed by atoms with Gasteiger partial charge in [-0.05, 0) is 18.4 Å². The molecule has 3 unspecified atom stereocenters. The average Bonchev–Trinajstić information content (AvgIpc) is 2.72. The van der Waals surface area contributed by atoms with Crippen molar-refractivity contribution in [3.63, 3.8) is 0 Å². The van der Waals surface area contributed by atoms with Gasteiger partial charge < -0.3 is 9.84 Å². The maximum atomic E-state index is 13.5. The van der Waals surface area contributed by atoms with Gasteiger partial charge in [0.05, 0.1) is 6.10 Å². The van der Waals surface area contributed by atoms with Crippen LogP contribution in [0.4, 0.5) is 13.2 Å². The highest BCUT2D eigenvalue weighted by Crippen LogP contribution is 2.33. The van der Waals surface area contributed by atoms with Gasteiger partial charge in [-0.1, -0.05) is 13.0 Å². The van der Waals surface area contributed by atoms with Gasteiger partial charge in [0.1, 0.15) is 6.10 Å². The molecule has 94 valence electrons. The number of ether oxygens (including phenoxy) is 1. The zero-order chi connectivity index (χ0) is 12.6. The van der Waals surface area contributed by atoms with Gasteiger partial charge in [0.15, 0.2) is 17.5 Å². The second-order valence-electron chi connectivity index (χ2n) is 4.31. The topological polar surface area (TPSA) is 29.5 Å². The van der Waals surface area contributed by atoms with Gasteiger partial charge in [-0.15, -0.1) is 0 Å². The molecule has 1 aromatic carbocycles. The fourth-order valence-electron chi connectivity index (χ4n) is 2.07. The molecule has 1 N–H and O–H groups in total. The number of rotatable bonds is 2. The van der Waals surface area contributed by atoms with Gasteiger partial charge in [0, 0.05) is 12.2 Å². The predicted molar refractivity (Wildman–Crippen MR) is 54.8 cm³/mol. The molecule has 1 aromatic rings. The SMILES string of the molecule is CC1CCOC1C(O)c1ccc(F)c(F)c1F. The van der Waals surface area contributed by atoms with Crippen LogP contribution in [0.15, 0.2) is 12.1 Å². The molecular weight excluding hydrogens is 233 g/mol. The number of aliphatic hydroxyl groups is 1. The Morgan fingerprint density at radius 3 is 2.59 bits per heavy atom. The van der Waals surface area contributed by atoms with E-state index in [0.717, 1.165) is 18.6 Å². The van der Waals surface area contributed by atoms with E-state index in [-0.39, 0.29) is 11.5 Å². The van der Waals surface area contributed by atoms with Crippen LogP contribution in [0.2, 0.25) is 0 Å². The fourth-order valence-corrected chi connectivity index (χ4v) is 2.07. The molecule has 0 bridgehead atoms. The number of hydrogen-bond donors (Lipinski definition) is 1. The van der Waals surface area contributed by atoms with Crippen molar-refractivity contribution in [1.82, 2.24) is 0 Å². The zero-order valence-corrected chi connectivity index (χ0v) is 9.29. The van der Waals surface area contributed by atoms with E-state index < -0.39 is 29.7 Å². The van der Waals surface area contributed by atoms with Crippen LogP contribution in [0.5, 0.6) is 0 Å². The Balaban J connectivity index is 2.31. The van der Waals surface area contributed by atoms with Crippen molar-refractivity contribution >= 4 is 0 Å². The van der Waals surface area contributed by atoms with Crippen LogP contribution in [-0.2, 0) is 4.74 Å². The third-order valence-electron chi connectivity index (χ3n) is 3.14. The third-order valence-corrected chi connectivity index (χ3v) is 3.14. The Kier molecular flexibility index (Phi) is 3.40. The summed E-state index contributed by atoms with van der Waals surface area (Å²) in [7, 11) is 0. The summed E-state index contributed by atoms with van der Waals surface area (Å²) >= 11 is 0. The van der Waals surface area contributed by atoms with Gasteiger partial charge in [0.2, 0.25) is 0 Å². The van der Waals surface area contributed by atoms with Gasteiger partial charge in [-0.25, -0.2) is 13.2 Å². The summed E-state index contributed by atoms with van der Waals surface area (Å²) in [4.78, 5) is 0. The Hall–Kier alpha value is -1.07. The van der Waals surface area contributed by atoms with Crippen molar-refractivity contribution in [2.24, 2.45) is 5.92 Å². The first-order valence-corrected chi connectivity index (χ1v) is 5.45. The summed E-state index contributed by atoms with van der Waals surface area (Å²) < 4.78 is 44.5. The third kappa shape index (κ3) is 2.17. The second kappa shape index (κ2) is 4.66. The summed E-state index contributed by atoms with van der Waals surface area (Å²) in [6, 6.07) is 1.85. The minimum absolute atomic E-state index is 0.0533. The van der Waals surface area contributed by atoms with E-state index in [0.29, 0.717) is 6.61 Å². The van der Waals surface area contributed by atoms with Crippen LogP contribution in [0.25, 0.3) is 0 Å². The largest absolute Gasteiger partial charge is 0.386 e. The van der Waals surface area contributed by atoms with Crippen molar-refractivity contribution in [2.75, 3.05) is 6.61 Å². The number of benzene rings is 1. The molecule has 1 aliphatic heterocycles. The Morgan fingerprint density at radius 1 is 1.29 bits per heavy atom. The quantitative estimate of drug-likeness (QED) is 0.813. The van der Waals surface area contributed by atoms with E-state index >= 15 is 0 Å². The molecule has 5 heteroatoms. The standard InChI is InChI=1S/C12H13F3O2/c1-6-4-5-17-12(6)11(16)7-2-3-8(13)10(15)9(7)14/h2-3,6,11-12,16H,4-5H2,1H3. The van der Waals surface area contributed by atoms with Crippen LogP contribution in [0, 0.1) is 23.4 Å². The summed E-state index contributed by atoms with van der Waals surface area (Å²) in [6.45, 7) is 2.34. The maximum absolute atomic E-state index is 13.5. The number of hydrogen-bond acceptors (Lipinski definition) is 2. The highest BCUT2D eigenvalue weighted by molar-refractivity contribution is 5.23. The average molecular weight is 246 g/mol. The molecule has 1 saturated heterocycles. The molecule has 1 heterocycles. The first kappa shape index (κ1) is 12.4. The van der Waals surface area contributed by atoms with E-state index in [1.807, 2.05) is 6.92 Å². The first-order chi connectivity index (χ1) is 8.02. The molecule has 1 aliphatic rings. The molecule has 2 rings (SSSR count). The Labute approximate surface area is 97.0 Å². The summed E-state index contributed by atoms with van der Waals surface area (Å²) in [5, 5.41) is 9.93. The summed E-state index contributed by atoms with van der Waals surface area (Å²) in [6.07, 6.45) is -1.09. The van der Waals surface area contributed by atoms with Crippen LogP contribution >= 0.6 is 0 Å². The number of aliphatic hydroxyl groups excluding tert-OH is 1. The van der Waals surface area contributed by atoms with Gasteiger partial charge in [-0.2, -0.15) is 0 Å². The highest BCUT2D eigenvalue weighted by Gasteiger charge is 2.34. The van der Waals surface area contributed by atoms with E-state index in [1.54, 1.807) is 0 Å². The zero-order valence-electron chi connectivity index (χ0n) is 9.29. The van der Waals surface area contributed by atoms with Gasteiger partial charge in [-0.3, -0.25) is 0 Å². The van der Waals surface area contributed by atoms with Crippen LogP contribution in [-0.4, -0.2) is 17.8 Å². The molecule has 0 amide bonds. The van der Waals surface area contributed by atoms with Crippen LogP contribution in [0.3, 0.4) is 0 Å². The molecule has 2 nitrogen and oxygen atoms in total. The van der Waals surface area contributed by atoms with Crippen molar-refractivity contribution in [3.8, 4) is 0 Å². The molecule has 0 aromatic heterocycles. The second-order valence-corrected chi connectivity index (χ2v) is 4.31. The van der Waals surface area contributed by atoms with E-state index in [1.165, 1.54) is 0 Å². The Morgan fingerprint density at radius 2 is 2.00 bits per heavy atom. The maximum Gasteiger partial charge on any atom is 0.194 e. The lowest BCUT2D eigenvalue weighted by Crippen LogP contribution is -2.24. The van der Waals surface area contributed by atoms with Crippen LogP contribution in [0.1, 0.15) is 25.0 Å². The molecule has 1 fully saturated rings. The van der Waals surface area contributed by atoms with Crippen molar-refractivity contribution in [1.29, 1.82) is 0 Å². The normalized spacial score (nSPS) is 26.2. The lowest BCUT2D eigenvalue weighted by molar-refractivity contribution is -0.0197. The monoisotopic (exact) mass is 246 g/mol. The molecule has 0 saturated carbocycles. The predicted octanol–water partition coefficient (Wildman–Crippen LogP) is 2.56. The lowest BCUT2D eigenvalue weighted by atomic mass is 9.94. The molecule has 0 spiro atoms. The minimum Gasteiger partial charge on any atom is -0.386 e. The lowest BCUT2D eigenvalue weighted by Gasteiger charge is -2.22. The van der Waals surface area contributed by atoms with Gasteiger partial charge >= 0.3 is 0 Å². The van der Waals surface area contributed by atoms with E-state index in [4.69, 9.17) is 4.74 Å². The van der Waals surface area contributed by atoms with E-state index in [2.05, 4.69) is 0 Å². The highest BCUT2D eigenvalue weighted by atomic mass is 19.2. The smallest absolute Gasteiger partial charge is 0.194 e. The summed E-state index contributed by atoms with van der Waals surface area (Å²) in [5.41, 5.74) is -0.261. The fraction of sp³-hybridized carbons (Fsp3) is 0.500. The van der Waals surface area contributed by atoms with Gasteiger partial charge in [0.25, 0.3) is 0 Å². The Bertz CT molecular complexity index is 422. The van der Waals surface area contributed by atoms with E-state index in [9.17, 15) is 18.3 Å². The first-order valence-electron chi connectivity index (χ1n) is 5.45. The van der Waals surface area contributed by atoms with Crippen molar-refractivity contribution < 1.29 is 23.0 Å². The molecule has 3 atom stereocenters. The molecule has 0 aliphatic carbocycles. The molecular formula is C12H13F3O2. The van der Waals surface area contributed by atoms with Crippen molar-refractivity contribution in [3.05, 3.63) is 35.1 Å². The molecule has 0 radical (unpaired) electrons. The minimum atomic E-state index is -1.56. The number of halogens is 3. The van der Waals surface area contributed by atoms with Crippen LogP contribution < -0.4 is 0 Å². The molecule has 17 heavy (non-hydrogen) atoms.